The number of nitrogens with one attached hydrogen (secondary N) is 1. The topological polar surface area (TPSA) is 101 Å². The molecular weight excluding hydrogens is 290 g/mol. The molecule has 1 heterocycles. The van der Waals surface area contributed by atoms with Crippen LogP contribution in [0.1, 0.15) is 12.8 Å². The number of aromatic hydroxyl groups is 1. The largest absolute Gasteiger partial charge is 0.508 e. The molecule has 0 radical (unpaired) electrons. The number of phenolic OH excluding ortho intramolecular Hbond substituents is 1. The van der Waals surface area contributed by atoms with E-state index in [9.17, 15) is 21.9 Å². The van der Waals surface area contributed by atoms with Gasteiger partial charge in [-0.25, -0.2) is 21.6 Å². The maximum Gasteiger partial charge on any atom is 0.240 e. The van der Waals surface area contributed by atoms with E-state index < -0.39 is 25.9 Å². The summed E-state index contributed by atoms with van der Waals surface area (Å²) in [6, 6.07) is 4.65. The molecule has 1 aliphatic rings. The van der Waals surface area contributed by atoms with Gasteiger partial charge in [-0.1, -0.05) is 6.07 Å². The highest BCUT2D eigenvalue weighted by Gasteiger charge is 2.28. The second kappa shape index (κ2) is 5.10. The minimum atomic E-state index is -3.81. The predicted molar refractivity (Wildman–Crippen MR) is 70.1 cm³/mol. The van der Waals surface area contributed by atoms with E-state index in [0.29, 0.717) is 12.8 Å². The zero-order chi connectivity index (χ0) is 14.1. The Morgan fingerprint density at radius 2 is 2.05 bits per heavy atom. The van der Waals surface area contributed by atoms with Crippen molar-refractivity contribution in [1.82, 2.24) is 4.72 Å². The lowest BCUT2D eigenvalue weighted by Gasteiger charge is -2.22. The van der Waals surface area contributed by atoms with Crippen molar-refractivity contribution in [1.29, 1.82) is 0 Å². The molecule has 0 spiro atoms. The highest BCUT2D eigenvalue weighted by Crippen LogP contribution is 2.18. The molecule has 0 amide bonds. The average molecular weight is 305 g/mol. The van der Waals surface area contributed by atoms with Crippen LogP contribution in [0.25, 0.3) is 0 Å². The van der Waals surface area contributed by atoms with E-state index in [0.717, 1.165) is 6.07 Å². The smallest absolute Gasteiger partial charge is 0.240 e. The van der Waals surface area contributed by atoms with Gasteiger partial charge in [0, 0.05) is 6.04 Å². The number of sulfone groups is 1. The Labute approximate surface area is 112 Å². The van der Waals surface area contributed by atoms with Gasteiger partial charge in [-0.05, 0) is 31.0 Å². The molecule has 1 aromatic rings. The number of sulfonamides is 1. The van der Waals surface area contributed by atoms with E-state index in [2.05, 4.69) is 4.72 Å². The Hall–Kier alpha value is -1.12. The fourth-order valence-electron chi connectivity index (χ4n) is 2.05. The highest BCUT2D eigenvalue weighted by atomic mass is 32.2. The van der Waals surface area contributed by atoms with Crippen molar-refractivity contribution in [3.63, 3.8) is 0 Å². The lowest BCUT2D eigenvalue weighted by Crippen LogP contribution is -2.43. The van der Waals surface area contributed by atoms with Gasteiger partial charge in [0.15, 0.2) is 9.84 Å². The first-order chi connectivity index (χ1) is 8.78. The van der Waals surface area contributed by atoms with Crippen molar-refractivity contribution in [3.05, 3.63) is 24.3 Å². The molecule has 6 nitrogen and oxygen atoms in total. The minimum Gasteiger partial charge on any atom is -0.508 e. The van der Waals surface area contributed by atoms with Crippen LogP contribution in [-0.2, 0) is 19.9 Å². The van der Waals surface area contributed by atoms with Crippen molar-refractivity contribution in [3.8, 4) is 5.75 Å². The third-order valence-electron chi connectivity index (χ3n) is 2.91. The minimum absolute atomic E-state index is 0.0736. The summed E-state index contributed by atoms with van der Waals surface area (Å²) in [6.45, 7) is 0. The number of benzene rings is 1. The van der Waals surface area contributed by atoms with Crippen LogP contribution in [0.15, 0.2) is 29.2 Å². The van der Waals surface area contributed by atoms with E-state index in [4.69, 9.17) is 0 Å². The number of hydrogen-bond donors (Lipinski definition) is 2. The van der Waals surface area contributed by atoms with Crippen molar-refractivity contribution < 1.29 is 21.9 Å². The van der Waals surface area contributed by atoms with Gasteiger partial charge in [0.05, 0.1) is 16.4 Å². The molecule has 0 aliphatic carbocycles. The molecular formula is C11H15NO5S2. The van der Waals surface area contributed by atoms with Gasteiger partial charge in [-0.2, -0.15) is 0 Å². The molecule has 106 valence electrons. The van der Waals surface area contributed by atoms with Gasteiger partial charge in [-0.15, -0.1) is 0 Å². The average Bonchev–Trinajstić information content (AvgIpc) is 2.27. The van der Waals surface area contributed by atoms with E-state index in [1.165, 1.54) is 18.2 Å². The number of rotatable bonds is 3. The standard InChI is InChI=1S/C11H15NO5S2/c13-10-4-1-5-11(7-10)19(16,17)12-9-3-2-6-18(14,15)8-9/h1,4-5,7,9,12-13H,2-3,6,8H2. The first-order valence-electron chi connectivity index (χ1n) is 5.80. The lowest BCUT2D eigenvalue weighted by molar-refractivity contribution is 0.472. The van der Waals surface area contributed by atoms with Gasteiger partial charge >= 0.3 is 0 Å². The summed E-state index contributed by atoms with van der Waals surface area (Å²) >= 11 is 0. The van der Waals surface area contributed by atoms with Gasteiger partial charge < -0.3 is 5.11 Å². The molecule has 19 heavy (non-hydrogen) atoms. The predicted octanol–water partition coefficient (Wildman–Crippen LogP) is 0.248. The Kier molecular flexibility index (Phi) is 3.84. The van der Waals surface area contributed by atoms with Crippen LogP contribution in [-0.4, -0.2) is 39.5 Å². The fraction of sp³-hybridized carbons (Fsp3) is 0.455. The second-order valence-corrected chi connectivity index (χ2v) is 8.51. The second-order valence-electron chi connectivity index (χ2n) is 4.57. The van der Waals surface area contributed by atoms with Gasteiger partial charge in [0.2, 0.25) is 10.0 Å². The van der Waals surface area contributed by atoms with E-state index in [-0.39, 0.29) is 22.2 Å². The molecule has 1 atom stereocenters. The fourth-order valence-corrected chi connectivity index (χ4v) is 5.11. The molecule has 1 unspecified atom stereocenters. The van der Waals surface area contributed by atoms with Crippen molar-refractivity contribution >= 4 is 19.9 Å². The first-order valence-corrected chi connectivity index (χ1v) is 9.11. The molecule has 2 rings (SSSR count). The molecule has 1 saturated heterocycles. The van der Waals surface area contributed by atoms with Crippen LogP contribution in [0.2, 0.25) is 0 Å². The Morgan fingerprint density at radius 3 is 2.68 bits per heavy atom. The Morgan fingerprint density at radius 1 is 1.32 bits per heavy atom. The van der Waals surface area contributed by atoms with Crippen LogP contribution in [0.5, 0.6) is 5.75 Å². The molecule has 0 saturated carbocycles. The van der Waals surface area contributed by atoms with Crippen LogP contribution >= 0.6 is 0 Å². The summed E-state index contributed by atoms with van der Waals surface area (Å²) in [6.07, 6.45) is 0.951. The zero-order valence-corrected chi connectivity index (χ0v) is 11.7. The quantitative estimate of drug-likeness (QED) is 0.833. The SMILES string of the molecule is O=S1(=O)CCCC(NS(=O)(=O)c2cccc(O)c2)C1. The zero-order valence-electron chi connectivity index (χ0n) is 10.1. The molecule has 8 heteroatoms. The summed E-state index contributed by atoms with van der Waals surface area (Å²) < 4.78 is 49.4. The van der Waals surface area contributed by atoms with E-state index in [1.54, 1.807) is 0 Å². The monoisotopic (exact) mass is 305 g/mol. The Bertz CT molecular complexity index is 666. The third-order valence-corrected chi connectivity index (χ3v) is 6.25. The van der Waals surface area contributed by atoms with Crippen LogP contribution in [0.3, 0.4) is 0 Å². The molecule has 2 N–H and O–H groups in total. The van der Waals surface area contributed by atoms with Gasteiger partial charge in [0.25, 0.3) is 0 Å². The van der Waals surface area contributed by atoms with Gasteiger partial charge in [0.1, 0.15) is 5.75 Å². The molecule has 0 bridgehead atoms. The van der Waals surface area contributed by atoms with E-state index in [1.807, 2.05) is 0 Å². The van der Waals surface area contributed by atoms with E-state index >= 15 is 0 Å². The normalized spacial score (nSPS) is 23.1. The summed E-state index contributed by atoms with van der Waals surface area (Å²) in [7, 11) is -6.98. The maximum atomic E-state index is 12.0. The summed E-state index contributed by atoms with van der Waals surface area (Å²) in [4.78, 5) is -0.0736. The molecule has 1 fully saturated rings. The highest BCUT2D eigenvalue weighted by molar-refractivity contribution is 7.91. The molecule has 1 aromatic carbocycles. The molecule has 0 aromatic heterocycles. The third kappa shape index (κ3) is 3.68. The van der Waals surface area contributed by atoms with Crippen LogP contribution in [0, 0.1) is 0 Å². The van der Waals surface area contributed by atoms with Crippen molar-refractivity contribution in [2.45, 2.75) is 23.8 Å². The number of hydrogen-bond acceptors (Lipinski definition) is 5. The molecule has 1 aliphatic heterocycles. The van der Waals surface area contributed by atoms with Crippen molar-refractivity contribution in [2.75, 3.05) is 11.5 Å². The lowest BCUT2D eigenvalue weighted by atomic mass is 10.2. The number of phenols is 1. The summed E-state index contributed by atoms with van der Waals surface area (Å²) in [5, 5.41) is 9.28. The summed E-state index contributed by atoms with van der Waals surface area (Å²) in [5.41, 5.74) is 0. The van der Waals surface area contributed by atoms with Crippen LogP contribution < -0.4 is 4.72 Å². The van der Waals surface area contributed by atoms with Crippen LogP contribution in [0.4, 0.5) is 0 Å². The van der Waals surface area contributed by atoms with Crippen molar-refractivity contribution in [2.24, 2.45) is 0 Å². The summed E-state index contributed by atoms with van der Waals surface area (Å²) in [5.74, 6) is -0.221. The van der Waals surface area contributed by atoms with Gasteiger partial charge in [-0.3, -0.25) is 0 Å². The maximum absolute atomic E-state index is 12.0. The first kappa shape index (κ1) is 14.3. The Balaban J connectivity index is 2.18.